The van der Waals surface area contributed by atoms with Gasteiger partial charge in [0.15, 0.2) is 0 Å². The highest BCUT2D eigenvalue weighted by atomic mass is 35.5. The van der Waals surface area contributed by atoms with Crippen molar-refractivity contribution in [2.45, 2.75) is 31.1 Å². The third-order valence-electron chi connectivity index (χ3n) is 2.62. The van der Waals surface area contributed by atoms with Crippen molar-refractivity contribution in [1.29, 1.82) is 0 Å². The molecule has 0 spiro atoms. The minimum absolute atomic E-state index is 0.00644. The number of hydrogen-bond donors (Lipinski definition) is 1. The number of benzene rings is 1. The lowest BCUT2D eigenvalue weighted by Crippen LogP contribution is -2.05. The summed E-state index contributed by atoms with van der Waals surface area (Å²) in [6, 6.07) is 0. The molecule has 1 unspecified atom stereocenters. The van der Waals surface area contributed by atoms with Gasteiger partial charge in [-0.05, 0) is 17.9 Å². The van der Waals surface area contributed by atoms with Gasteiger partial charge in [-0.3, -0.25) is 4.55 Å². The summed E-state index contributed by atoms with van der Waals surface area (Å²) in [5.74, 6) is -0.0459. The molecule has 0 heterocycles. The summed E-state index contributed by atoms with van der Waals surface area (Å²) in [6.45, 7) is 3.77. The summed E-state index contributed by atoms with van der Waals surface area (Å²) in [4.78, 5) is -0.659. The molecule has 0 aliphatic rings. The predicted octanol–water partition coefficient (Wildman–Crippen LogP) is 5.06. The van der Waals surface area contributed by atoms with Crippen molar-refractivity contribution in [3.63, 3.8) is 0 Å². The second-order valence-electron chi connectivity index (χ2n) is 3.78. The maximum Gasteiger partial charge on any atom is 0.297 e. The van der Waals surface area contributed by atoms with Gasteiger partial charge in [0.25, 0.3) is 10.1 Å². The van der Waals surface area contributed by atoms with Crippen LogP contribution in [-0.4, -0.2) is 13.0 Å². The van der Waals surface area contributed by atoms with Gasteiger partial charge in [0, 0.05) is 0 Å². The molecular weight excluding hydrogens is 342 g/mol. The SMILES string of the molecule is CCC(C)c1c(Cl)c(Cl)c(S(=O)(=O)O)c(Cl)c1Cl. The van der Waals surface area contributed by atoms with Gasteiger partial charge >= 0.3 is 0 Å². The molecule has 18 heavy (non-hydrogen) atoms. The minimum Gasteiger partial charge on any atom is -0.282 e. The molecule has 1 N–H and O–H groups in total. The first kappa shape index (κ1) is 16.3. The van der Waals surface area contributed by atoms with Crippen LogP contribution in [0.25, 0.3) is 0 Å². The quantitative estimate of drug-likeness (QED) is 0.611. The van der Waals surface area contributed by atoms with Gasteiger partial charge in [-0.25, -0.2) is 0 Å². The first-order chi connectivity index (χ1) is 8.12. The van der Waals surface area contributed by atoms with Crippen LogP contribution in [0.2, 0.25) is 20.1 Å². The Morgan fingerprint density at radius 1 is 1.06 bits per heavy atom. The summed E-state index contributed by atoms with van der Waals surface area (Å²) in [7, 11) is -4.59. The molecule has 1 atom stereocenters. The van der Waals surface area contributed by atoms with E-state index in [0.29, 0.717) is 5.56 Å². The molecule has 0 saturated carbocycles. The molecule has 0 fully saturated rings. The highest BCUT2D eigenvalue weighted by Gasteiger charge is 2.28. The zero-order chi connectivity index (χ0) is 14.2. The van der Waals surface area contributed by atoms with E-state index in [1.807, 2.05) is 13.8 Å². The standard InChI is InChI=1S/C10H10Cl4O3S/c1-3-4(2)5-6(11)8(13)10(18(15,16)17)9(14)7(5)12/h4H,3H2,1-2H3,(H,15,16,17). The summed E-state index contributed by atoms with van der Waals surface area (Å²) in [5, 5.41) is -0.645. The lowest BCUT2D eigenvalue weighted by atomic mass is 9.98. The summed E-state index contributed by atoms with van der Waals surface area (Å²) < 4.78 is 31.5. The van der Waals surface area contributed by atoms with Gasteiger partial charge in [-0.2, -0.15) is 8.42 Å². The zero-order valence-electron chi connectivity index (χ0n) is 9.47. The molecule has 0 aliphatic heterocycles. The van der Waals surface area contributed by atoms with Gasteiger partial charge in [-0.15, -0.1) is 0 Å². The van der Waals surface area contributed by atoms with E-state index in [4.69, 9.17) is 51.0 Å². The maximum absolute atomic E-state index is 11.2. The van der Waals surface area contributed by atoms with Crippen LogP contribution in [-0.2, 0) is 10.1 Å². The van der Waals surface area contributed by atoms with Gasteiger partial charge in [0.05, 0.1) is 20.1 Å². The van der Waals surface area contributed by atoms with E-state index < -0.39 is 15.0 Å². The molecule has 0 radical (unpaired) electrons. The molecule has 0 aliphatic carbocycles. The largest absolute Gasteiger partial charge is 0.297 e. The highest BCUT2D eigenvalue weighted by molar-refractivity contribution is 7.86. The molecule has 0 saturated heterocycles. The maximum atomic E-state index is 11.2. The zero-order valence-corrected chi connectivity index (χ0v) is 13.3. The van der Waals surface area contributed by atoms with Crippen molar-refractivity contribution in [2.24, 2.45) is 0 Å². The summed E-state index contributed by atoms with van der Waals surface area (Å²) in [6.07, 6.45) is 0.720. The lowest BCUT2D eigenvalue weighted by molar-refractivity contribution is 0.483. The smallest absolute Gasteiger partial charge is 0.282 e. The van der Waals surface area contributed by atoms with Crippen molar-refractivity contribution in [3.05, 3.63) is 25.7 Å². The van der Waals surface area contributed by atoms with Crippen LogP contribution in [0.4, 0.5) is 0 Å². The van der Waals surface area contributed by atoms with Gasteiger partial charge in [0.1, 0.15) is 4.90 Å². The number of halogens is 4. The Balaban J connectivity index is 3.78. The monoisotopic (exact) mass is 350 g/mol. The van der Waals surface area contributed by atoms with Crippen LogP contribution in [0.3, 0.4) is 0 Å². The average molecular weight is 352 g/mol. The molecule has 1 aromatic carbocycles. The van der Waals surface area contributed by atoms with Crippen molar-refractivity contribution >= 4 is 56.5 Å². The molecule has 1 aromatic rings. The van der Waals surface area contributed by atoms with Crippen molar-refractivity contribution < 1.29 is 13.0 Å². The van der Waals surface area contributed by atoms with E-state index in [9.17, 15) is 8.42 Å². The van der Waals surface area contributed by atoms with Gasteiger partial charge < -0.3 is 0 Å². The Labute approximate surface area is 126 Å². The molecule has 0 bridgehead atoms. The fraction of sp³-hybridized carbons (Fsp3) is 0.400. The van der Waals surface area contributed by atoms with E-state index in [-0.39, 0.29) is 26.0 Å². The lowest BCUT2D eigenvalue weighted by Gasteiger charge is -2.18. The van der Waals surface area contributed by atoms with Crippen LogP contribution < -0.4 is 0 Å². The Morgan fingerprint density at radius 3 is 1.72 bits per heavy atom. The Bertz CT molecular complexity index is 554. The fourth-order valence-electron chi connectivity index (χ4n) is 1.49. The van der Waals surface area contributed by atoms with Gasteiger partial charge in [-0.1, -0.05) is 60.3 Å². The third-order valence-corrected chi connectivity index (χ3v) is 5.50. The molecule has 0 amide bonds. The Morgan fingerprint density at radius 2 is 1.44 bits per heavy atom. The van der Waals surface area contributed by atoms with E-state index in [1.54, 1.807) is 0 Å². The van der Waals surface area contributed by atoms with Crippen molar-refractivity contribution in [3.8, 4) is 0 Å². The first-order valence-electron chi connectivity index (χ1n) is 4.96. The van der Waals surface area contributed by atoms with Crippen molar-refractivity contribution in [1.82, 2.24) is 0 Å². The van der Waals surface area contributed by atoms with Crippen LogP contribution in [0, 0.1) is 0 Å². The van der Waals surface area contributed by atoms with Crippen LogP contribution >= 0.6 is 46.4 Å². The molecule has 0 aromatic heterocycles. The van der Waals surface area contributed by atoms with E-state index >= 15 is 0 Å². The number of hydrogen-bond acceptors (Lipinski definition) is 2. The Hall–Kier alpha value is 0.290. The molecule has 3 nitrogen and oxygen atoms in total. The fourth-order valence-corrected chi connectivity index (χ4v) is 4.09. The third kappa shape index (κ3) is 2.89. The van der Waals surface area contributed by atoms with Crippen LogP contribution in [0.15, 0.2) is 4.90 Å². The molecule has 1 rings (SSSR count). The van der Waals surface area contributed by atoms with E-state index in [1.165, 1.54) is 0 Å². The summed E-state index contributed by atoms with van der Waals surface area (Å²) in [5.41, 5.74) is 0.475. The second kappa shape index (κ2) is 5.73. The topological polar surface area (TPSA) is 54.4 Å². The van der Waals surface area contributed by atoms with Crippen molar-refractivity contribution in [2.75, 3.05) is 0 Å². The Kier molecular flexibility index (Phi) is 5.21. The molecule has 8 heteroatoms. The summed E-state index contributed by atoms with van der Waals surface area (Å²) >= 11 is 23.7. The van der Waals surface area contributed by atoms with Gasteiger partial charge in [0.2, 0.25) is 0 Å². The van der Waals surface area contributed by atoms with Crippen LogP contribution in [0.5, 0.6) is 0 Å². The predicted molar refractivity (Wildman–Crippen MR) is 75.0 cm³/mol. The van der Waals surface area contributed by atoms with Crippen LogP contribution in [0.1, 0.15) is 31.7 Å². The molecular formula is C10H10Cl4O3S. The van der Waals surface area contributed by atoms with E-state index in [2.05, 4.69) is 0 Å². The number of rotatable bonds is 3. The second-order valence-corrected chi connectivity index (χ2v) is 6.65. The minimum atomic E-state index is -4.59. The van der Waals surface area contributed by atoms with E-state index in [0.717, 1.165) is 6.42 Å². The average Bonchev–Trinajstić information content (AvgIpc) is 2.24. The first-order valence-corrected chi connectivity index (χ1v) is 7.91. The highest BCUT2D eigenvalue weighted by Crippen LogP contribution is 2.46. The molecule has 102 valence electrons. The normalized spacial score (nSPS) is 13.7.